The van der Waals surface area contributed by atoms with Gasteiger partial charge in [0.2, 0.25) is 0 Å². The first-order valence-corrected chi connectivity index (χ1v) is 6.27. The summed E-state index contributed by atoms with van der Waals surface area (Å²) in [7, 11) is 0. The fourth-order valence-electron chi connectivity index (χ4n) is 2.26. The molecule has 5 heteroatoms. The van der Waals surface area contributed by atoms with E-state index in [1.165, 1.54) is 0 Å². The van der Waals surface area contributed by atoms with Crippen molar-refractivity contribution in [3.05, 3.63) is 23.5 Å². The SMILES string of the molecule is Cc1ncc(N)cc1C(=O)NC1CCC(O)CC1. The zero-order valence-electron chi connectivity index (χ0n) is 10.5. The highest BCUT2D eigenvalue weighted by molar-refractivity contribution is 5.96. The van der Waals surface area contributed by atoms with Crippen molar-refractivity contribution in [3.8, 4) is 0 Å². The molecule has 1 amide bonds. The molecule has 0 radical (unpaired) electrons. The Morgan fingerprint density at radius 3 is 2.78 bits per heavy atom. The first-order valence-electron chi connectivity index (χ1n) is 6.27. The summed E-state index contributed by atoms with van der Waals surface area (Å²) in [5, 5.41) is 12.4. The highest BCUT2D eigenvalue weighted by Crippen LogP contribution is 2.19. The Morgan fingerprint density at radius 2 is 2.11 bits per heavy atom. The van der Waals surface area contributed by atoms with E-state index in [1.807, 2.05) is 0 Å². The van der Waals surface area contributed by atoms with Crippen LogP contribution in [0.15, 0.2) is 12.3 Å². The third-order valence-electron chi connectivity index (χ3n) is 3.38. The molecule has 1 aromatic rings. The number of pyridine rings is 1. The van der Waals surface area contributed by atoms with Gasteiger partial charge in [0.15, 0.2) is 0 Å². The number of anilines is 1. The van der Waals surface area contributed by atoms with Crippen LogP contribution < -0.4 is 11.1 Å². The van der Waals surface area contributed by atoms with Crippen molar-refractivity contribution in [3.63, 3.8) is 0 Å². The summed E-state index contributed by atoms with van der Waals surface area (Å²) < 4.78 is 0. The third-order valence-corrected chi connectivity index (χ3v) is 3.38. The normalized spacial score (nSPS) is 23.7. The van der Waals surface area contributed by atoms with Gasteiger partial charge in [0, 0.05) is 6.04 Å². The van der Waals surface area contributed by atoms with Gasteiger partial charge in [0.25, 0.3) is 5.91 Å². The minimum absolute atomic E-state index is 0.131. The van der Waals surface area contributed by atoms with Gasteiger partial charge in [-0.1, -0.05) is 0 Å². The summed E-state index contributed by atoms with van der Waals surface area (Å²) in [4.78, 5) is 16.2. The molecule has 1 saturated carbocycles. The number of hydrogen-bond acceptors (Lipinski definition) is 4. The fourth-order valence-corrected chi connectivity index (χ4v) is 2.26. The summed E-state index contributed by atoms with van der Waals surface area (Å²) in [6.07, 6.45) is 4.47. The molecule has 0 unspecified atom stereocenters. The van der Waals surface area contributed by atoms with E-state index in [0.717, 1.165) is 25.7 Å². The first kappa shape index (κ1) is 12.8. The van der Waals surface area contributed by atoms with Gasteiger partial charge in [0.1, 0.15) is 0 Å². The lowest BCUT2D eigenvalue weighted by Gasteiger charge is -2.26. The first-order chi connectivity index (χ1) is 8.56. The van der Waals surface area contributed by atoms with Crippen LogP contribution in [0.5, 0.6) is 0 Å². The van der Waals surface area contributed by atoms with Gasteiger partial charge >= 0.3 is 0 Å². The fraction of sp³-hybridized carbons (Fsp3) is 0.538. The molecule has 0 bridgehead atoms. The molecule has 1 aliphatic carbocycles. The van der Waals surface area contributed by atoms with Crippen LogP contribution in [0.1, 0.15) is 41.7 Å². The summed E-state index contributed by atoms with van der Waals surface area (Å²) in [5.74, 6) is -0.131. The van der Waals surface area contributed by atoms with E-state index >= 15 is 0 Å². The molecule has 1 fully saturated rings. The number of aliphatic hydroxyl groups excluding tert-OH is 1. The van der Waals surface area contributed by atoms with Gasteiger partial charge in [-0.25, -0.2) is 0 Å². The molecule has 4 N–H and O–H groups in total. The van der Waals surface area contributed by atoms with Crippen molar-refractivity contribution in [2.24, 2.45) is 0 Å². The Hall–Kier alpha value is -1.62. The second kappa shape index (κ2) is 5.35. The Bertz CT molecular complexity index is 440. The molecule has 18 heavy (non-hydrogen) atoms. The second-order valence-electron chi connectivity index (χ2n) is 4.88. The van der Waals surface area contributed by atoms with Crippen LogP contribution in [0.3, 0.4) is 0 Å². The smallest absolute Gasteiger partial charge is 0.253 e. The molecule has 0 spiro atoms. The number of hydrogen-bond donors (Lipinski definition) is 3. The molecular formula is C13H19N3O2. The number of carbonyl (C=O) groups is 1. The number of carbonyl (C=O) groups excluding carboxylic acids is 1. The molecule has 1 aromatic heterocycles. The number of aromatic nitrogens is 1. The largest absolute Gasteiger partial charge is 0.397 e. The Labute approximate surface area is 106 Å². The molecule has 5 nitrogen and oxygen atoms in total. The number of nitrogens with zero attached hydrogens (tertiary/aromatic N) is 1. The van der Waals surface area contributed by atoms with E-state index in [-0.39, 0.29) is 18.1 Å². The van der Waals surface area contributed by atoms with Gasteiger partial charge in [-0.05, 0) is 38.7 Å². The molecule has 0 saturated heterocycles. The van der Waals surface area contributed by atoms with Crippen molar-refractivity contribution in [1.29, 1.82) is 0 Å². The quantitative estimate of drug-likeness (QED) is 0.729. The van der Waals surface area contributed by atoms with E-state index in [9.17, 15) is 9.90 Å². The summed E-state index contributed by atoms with van der Waals surface area (Å²) in [6.45, 7) is 1.79. The predicted octanol–water partition coefficient (Wildman–Crippen LogP) is 1.01. The monoisotopic (exact) mass is 249 g/mol. The minimum Gasteiger partial charge on any atom is -0.397 e. The average Bonchev–Trinajstić information content (AvgIpc) is 2.35. The van der Waals surface area contributed by atoms with Gasteiger partial charge in [-0.2, -0.15) is 0 Å². The van der Waals surface area contributed by atoms with Gasteiger partial charge in [0.05, 0.1) is 29.2 Å². The Morgan fingerprint density at radius 1 is 1.44 bits per heavy atom. The third kappa shape index (κ3) is 2.98. The van der Waals surface area contributed by atoms with Crippen molar-refractivity contribution in [1.82, 2.24) is 10.3 Å². The highest BCUT2D eigenvalue weighted by Gasteiger charge is 2.22. The van der Waals surface area contributed by atoms with E-state index < -0.39 is 0 Å². The highest BCUT2D eigenvalue weighted by atomic mass is 16.3. The van der Waals surface area contributed by atoms with Crippen molar-refractivity contribution in [2.75, 3.05) is 5.73 Å². The number of aryl methyl sites for hydroxylation is 1. The van der Waals surface area contributed by atoms with Crippen molar-refractivity contribution >= 4 is 11.6 Å². The number of nitrogen functional groups attached to an aromatic ring is 1. The summed E-state index contributed by atoms with van der Waals surface area (Å²) in [6, 6.07) is 1.79. The van der Waals surface area contributed by atoms with E-state index in [1.54, 1.807) is 19.2 Å². The number of nitrogens with one attached hydrogen (secondary N) is 1. The number of rotatable bonds is 2. The van der Waals surface area contributed by atoms with Gasteiger partial charge in [-0.15, -0.1) is 0 Å². The van der Waals surface area contributed by atoms with Crippen LogP contribution in [0, 0.1) is 6.92 Å². The molecule has 0 aliphatic heterocycles. The topological polar surface area (TPSA) is 88.2 Å². The van der Waals surface area contributed by atoms with Gasteiger partial charge < -0.3 is 16.2 Å². The lowest BCUT2D eigenvalue weighted by Crippen LogP contribution is -2.38. The zero-order chi connectivity index (χ0) is 13.1. The molecular weight excluding hydrogens is 230 g/mol. The van der Waals surface area contributed by atoms with Crippen molar-refractivity contribution in [2.45, 2.75) is 44.8 Å². The summed E-state index contributed by atoms with van der Waals surface area (Å²) in [5.41, 5.74) is 7.34. The van der Waals surface area contributed by atoms with Crippen LogP contribution in [-0.4, -0.2) is 28.1 Å². The average molecular weight is 249 g/mol. The van der Waals surface area contributed by atoms with E-state index in [4.69, 9.17) is 5.73 Å². The number of nitrogens with two attached hydrogens (primary N) is 1. The zero-order valence-corrected chi connectivity index (χ0v) is 10.5. The second-order valence-corrected chi connectivity index (χ2v) is 4.88. The number of aliphatic hydroxyl groups is 1. The van der Waals surface area contributed by atoms with Crippen LogP contribution in [0.25, 0.3) is 0 Å². The van der Waals surface area contributed by atoms with E-state index in [0.29, 0.717) is 16.9 Å². The molecule has 1 heterocycles. The minimum atomic E-state index is -0.214. The van der Waals surface area contributed by atoms with Crippen LogP contribution in [-0.2, 0) is 0 Å². The maximum atomic E-state index is 12.1. The number of amides is 1. The van der Waals surface area contributed by atoms with E-state index in [2.05, 4.69) is 10.3 Å². The van der Waals surface area contributed by atoms with Crippen molar-refractivity contribution < 1.29 is 9.90 Å². The lowest BCUT2D eigenvalue weighted by molar-refractivity contribution is 0.0866. The maximum Gasteiger partial charge on any atom is 0.253 e. The molecule has 2 rings (SSSR count). The Balaban J connectivity index is 2.01. The molecule has 1 aliphatic rings. The molecule has 98 valence electrons. The standard InChI is InChI=1S/C13H19N3O2/c1-8-12(6-9(14)7-15-8)13(18)16-10-2-4-11(17)5-3-10/h6-7,10-11,17H,2-5,14H2,1H3,(H,16,18). The molecule has 0 atom stereocenters. The van der Waals surface area contributed by atoms with Gasteiger partial charge in [-0.3, -0.25) is 9.78 Å². The maximum absolute atomic E-state index is 12.1. The van der Waals surface area contributed by atoms with Crippen LogP contribution in [0.4, 0.5) is 5.69 Å². The summed E-state index contributed by atoms with van der Waals surface area (Å²) >= 11 is 0. The van der Waals surface area contributed by atoms with Crippen LogP contribution >= 0.6 is 0 Å². The molecule has 0 aromatic carbocycles. The van der Waals surface area contributed by atoms with Crippen LogP contribution in [0.2, 0.25) is 0 Å². The lowest BCUT2D eigenvalue weighted by atomic mass is 9.93. The predicted molar refractivity (Wildman–Crippen MR) is 69.1 cm³/mol. The Kier molecular flexibility index (Phi) is 3.81.